The molecule has 2 heterocycles. The van der Waals surface area contributed by atoms with E-state index in [4.69, 9.17) is 0 Å². The van der Waals surface area contributed by atoms with E-state index < -0.39 is 11.1 Å². The van der Waals surface area contributed by atoms with Gasteiger partial charge in [-0.2, -0.15) is 0 Å². The zero-order chi connectivity index (χ0) is 22.2. The number of amides is 1. The van der Waals surface area contributed by atoms with Crippen LogP contribution in [-0.2, 0) is 13.0 Å². The highest BCUT2D eigenvalue weighted by atomic mass is 16.5. The number of fused-ring (bicyclic) bond motifs is 2. The second-order valence-electron chi connectivity index (χ2n) is 8.03. The van der Waals surface area contributed by atoms with Gasteiger partial charge < -0.3 is 20.1 Å². The van der Waals surface area contributed by atoms with Gasteiger partial charge in [-0.3, -0.25) is 14.4 Å². The maximum absolute atomic E-state index is 12.3. The lowest BCUT2D eigenvalue weighted by Gasteiger charge is -2.26. The van der Waals surface area contributed by atoms with Crippen LogP contribution in [0.25, 0.3) is 11.3 Å². The van der Waals surface area contributed by atoms with Gasteiger partial charge in [-0.1, -0.05) is 23.8 Å². The maximum atomic E-state index is 12.3. The molecule has 8 nitrogen and oxygen atoms in total. The number of aromatic nitrogens is 3. The summed E-state index contributed by atoms with van der Waals surface area (Å²) in [4.78, 5) is 38.6. The molecule has 0 aliphatic heterocycles. The molecule has 2 aliphatic rings. The summed E-state index contributed by atoms with van der Waals surface area (Å²) >= 11 is 0. The number of carbonyl (C=O) groups excluding carboxylic acids is 1. The van der Waals surface area contributed by atoms with E-state index in [-0.39, 0.29) is 5.91 Å². The van der Waals surface area contributed by atoms with Gasteiger partial charge in [0, 0.05) is 41.5 Å². The van der Waals surface area contributed by atoms with Crippen molar-refractivity contribution in [1.29, 1.82) is 0 Å². The average molecular weight is 430 g/mol. The van der Waals surface area contributed by atoms with Crippen molar-refractivity contribution < 1.29 is 10.0 Å². The van der Waals surface area contributed by atoms with Gasteiger partial charge in [0.05, 0.1) is 0 Å². The van der Waals surface area contributed by atoms with Crippen LogP contribution in [0.15, 0.2) is 70.0 Å². The van der Waals surface area contributed by atoms with Gasteiger partial charge in [0.2, 0.25) is 0 Å². The molecule has 0 fully saturated rings. The summed E-state index contributed by atoms with van der Waals surface area (Å²) in [6.07, 6.45) is 8.86. The summed E-state index contributed by atoms with van der Waals surface area (Å²) in [5.74, 6) is -0.126. The van der Waals surface area contributed by atoms with Crippen LogP contribution in [0.2, 0.25) is 0 Å². The van der Waals surface area contributed by atoms with Crippen molar-refractivity contribution in [2.45, 2.75) is 32.2 Å². The number of H-pyrrole nitrogens is 1. The van der Waals surface area contributed by atoms with Gasteiger partial charge in [-0.25, -0.2) is 0 Å². The quantitative estimate of drug-likeness (QED) is 0.437. The van der Waals surface area contributed by atoms with Gasteiger partial charge in [0.1, 0.15) is 5.69 Å². The standard InChI is InChI=1S/C24H22N4O4/c29-22(17-4-2-1-3-5-17)25-13-15-10-11-27(14-15)18-8-6-16-7-9-20-21(19(16)12-18)28(32)24(31)23(30)26-20/h1-5,10-12,14,32H,6-9,13H2,(H,25,29)(H,26,30). The van der Waals surface area contributed by atoms with E-state index in [1.165, 1.54) is 0 Å². The molecular formula is C24H22N4O4. The monoisotopic (exact) mass is 430 g/mol. The van der Waals surface area contributed by atoms with Crippen molar-refractivity contribution in [3.63, 3.8) is 0 Å². The van der Waals surface area contributed by atoms with Gasteiger partial charge in [-0.15, -0.1) is 4.73 Å². The van der Waals surface area contributed by atoms with Crippen LogP contribution in [0, 0.1) is 0 Å². The minimum absolute atomic E-state index is 0.126. The zero-order valence-electron chi connectivity index (χ0n) is 17.3. The predicted molar refractivity (Wildman–Crippen MR) is 119 cm³/mol. The molecule has 3 aromatic rings. The third kappa shape index (κ3) is 3.49. The number of hydrogen-bond donors (Lipinski definition) is 3. The highest BCUT2D eigenvalue weighted by Crippen LogP contribution is 2.38. The predicted octanol–water partition coefficient (Wildman–Crippen LogP) is 2.54. The second kappa shape index (κ2) is 7.88. The topological polar surface area (TPSA) is 109 Å². The molecular weight excluding hydrogens is 408 g/mol. The third-order valence-corrected chi connectivity index (χ3v) is 6.03. The van der Waals surface area contributed by atoms with Crippen molar-refractivity contribution in [3.8, 4) is 0 Å². The molecule has 1 aromatic carbocycles. The molecule has 0 spiro atoms. The zero-order valence-corrected chi connectivity index (χ0v) is 17.3. The number of rotatable bonds is 4. The second-order valence-corrected chi connectivity index (χ2v) is 8.03. The number of aromatic amines is 1. The summed E-state index contributed by atoms with van der Waals surface area (Å²) in [5.41, 5.74) is 3.69. The fourth-order valence-corrected chi connectivity index (χ4v) is 4.36. The van der Waals surface area contributed by atoms with Crippen LogP contribution in [0.4, 0.5) is 0 Å². The summed E-state index contributed by atoms with van der Waals surface area (Å²) in [5, 5.41) is 13.2. The molecule has 8 heteroatoms. The van der Waals surface area contributed by atoms with Gasteiger partial charge in [0.25, 0.3) is 5.91 Å². The van der Waals surface area contributed by atoms with Gasteiger partial charge >= 0.3 is 11.1 Å². The number of nitrogens with one attached hydrogen (secondary N) is 2. The number of benzene rings is 1. The molecule has 32 heavy (non-hydrogen) atoms. The molecule has 0 radical (unpaired) electrons. The number of aryl methyl sites for hydroxylation is 1. The molecule has 0 saturated heterocycles. The Labute approximate surface area is 183 Å². The Balaban J connectivity index is 1.39. The Kier molecular flexibility index (Phi) is 4.89. The largest absolute Gasteiger partial charge is 0.425 e. The Morgan fingerprint density at radius 2 is 1.84 bits per heavy atom. The van der Waals surface area contributed by atoms with E-state index in [1.54, 1.807) is 12.1 Å². The van der Waals surface area contributed by atoms with E-state index in [0.29, 0.717) is 34.6 Å². The normalized spacial score (nSPS) is 15.1. The summed E-state index contributed by atoms with van der Waals surface area (Å²) in [6.45, 7) is 0.405. The summed E-state index contributed by atoms with van der Waals surface area (Å²) in [7, 11) is 0. The molecule has 1 amide bonds. The van der Waals surface area contributed by atoms with Crippen molar-refractivity contribution in [1.82, 2.24) is 19.6 Å². The van der Waals surface area contributed by atoms with Crippen molar-refractivity contribution >= 4 is 17.2 Å². The average Bonchev–Trinajstić information content (AvgIpc) is 3.30. The first-order valence-electron chi connectivity index (χ1n) is 10.5. The summed E-state index contributed by atoms with van der Waals surface area (Å²) in [6, 6.07) is 11.0. The minimum atomic E-state index is -0.976. The van der Waals surface area contributed by atoms with E-state index in [0.717, 1.165) is 41.7 Å². The maximum Gasteiger partial charge on any atom is 0.348 e. The molecule has 0 saturated carbocycles. The van der Waals surface area contributed by atoms with Gasteiger partial charge in [-0.05, 0) is 55.5 Å². The number of carbonyl (C=O) groups is 1. The lowest BCUT2D eigenvalue weighted by Crippen LogP contribution is -2.39. The highest BCUT2D eigenvalue weighted by Gasteiger charge is 2.26. The van der Waals surface area contributed by atoms with E-state index in [9.17, 15) is 19.6 Å². The third-order valence-electron chi connectivity index (χ3n) is 6.03. The fourth-order valence-electron chi connectivity index (χ4n) is 4.36. The van der Waals surface area contributed by atoms with Crippen LogP contribution in [-0.4, -0.2) is 25.4 Å². The van der Waals surface area contributed by atoms with Crippen LogP contribution in [0.3, 0.4) is 0 Å². The smallest absolute Gasteiger partial charge is 0.348 e. The van der Waals surface area contributed by atoms with Crippen LogP contribution < -0.4 is 16.4 Å². The molecule has 0 bridgehead atoms. The molecule has 3 N–H and O–H groups in total. The first kappa shape index (κ1) is 19.9. The first-order chi connectivity index (χ1) is 15.5. The lowest BCUT2D eigenvalue weighted by molar-refractivity contribution is 0.0951. The van der Waals surface area contributed by atoms with Crippen molar-refractivity contribution in [2.75, 3.05) is 0 Å². The van der Waals surface area contributed by atoms with Crippen LogP contribution in [0.1, 0.15) is 46.6 Å². The minimum Gasteiger partial charge on any atom is -0.425 e. The van der Waals surface area contributed by atoms with E-state index in [2.05, 4.69) is 10.3 Å². The van der Waals surface area contributed by atoms with E-state index in [1.807, 2.05) is 47.3 Å². The molecule has 162 valence electrons. The van der Waals surface area contributed by atoms with E-state index >= 15 is 0 Å². The number of nitrogens with zero attached hydrogens (tertiary/aromatic N) is 2. The lowest BCUT2D eigenvalue weighted by atomic mass is 9.85. The molecule has 2 aliphatic carbocycles. The molecule has 0 unspecified atom stereocenters. The Hall–Kier alpha value is -4.07. The SMILES string of the molecule is O=C(NCc1ccn(C2=CC3=C(CC2)CCc2[nH]c(=O)c(=O)n(O)c23)c1)c1ccccc1. The summed E-state index contributed by atoms with van der Waals surface area (Å²) < 4.78 is 2.47. The fraction of sp³-hybridized carbons (Fsp3) is 0.208. The number of hydrogen-bond acceptors (Lipinski definition) is 4. The van der Waals surface area contributed by atoms with Crippen molar-refractivity contribution in [3.05, 3.63) is 104 Å². The van der Waals surface area contributed by atoms with Crippen molar-refractivity contribution in [2.24, 2.45) is 0 Å². The molecule has 2 aromatic heterocycles. The Morgan fingerprint density at radius 3 is 2.66 bits per heavy atom. The Morgan fingerprint density at radius 1 is 1.06 bits per heavy atom. The number of allylic oxidation sites excluding steroid dienone is 4. The van der Waals surface area contributed by atoms with Crippen LogP contribution in [0.5, 0.6) is 0 Å². The Bertz CT molecular complexity index is 1390. The molecule has 0 atom stereocenters. The van der Waals surface area contributed by atoms with Crippen LogP contribution >= 0.6 is 0 Å². The van der Waals surface area contributed by atoms with Gasteiger partial charge in [0.15, 0.2) is 0 Å². The first-order valence-corrected chi connectivity index (χ1v) is 10.5. The highest BCUT2D eigenvalue weighted by molar-refractivity contribution is 5.94. The molecule has 5 rings (SSSR count).